The second-order valence-electron chi connectivity index (χ2n) is 3.87. The van der Waals surface area contributed by atoms with Crippen molar-refractivity contribution in [1.82, 2.24) is 9.78 Å². The summed E-state index contributed by atoms with van der Waals surface area (Å²) < 4.78 is 1.65. The third kappa shape index (κ3) is 3.15. The van der Waals surface area contributed by atoms with Crippen LogP contribution < -0.4 is 5.32 Å². The van der Waals surface area contributed by atoms with Crippen LogP contribution in [0.1, 0.15) is 5.69 Å². The number of hydrogen-bond acceptors (Lipinski definition) is 4. The van der Waals surface area contributed by atoms with Gasteiger partial charge in [0.15, 0.2) is 0 Å². The van der Waals surface area contributed by atoms with E-state index in [0.29, 0.717) is 12.2 Å². The second-order valence-corrected chi connectivity index (χ2v) is 4.69. The van der Waals surface area contributed by atoms with Gasteiger partial charge in [0.2, 0.25) is 0 Å². The van der Waals surface area contributed by atoms with Crippen molar-refractivity contribution in [2.75, 3.05) is 5.32 Å². The smallest absolute Gasteiger partial charge is 0.293 e. The molecule has 0 fully saturated rings. The highest BCUT2D eigenvalue weighted by Crippen LogP contribution is 2.34. The summed E-state index contributed by atoms with van der Waals surface area (Å²) >= 11 is 11.6. The Morgan fingerprint density at radius 3 is 2.68 bits per heavy atom. The largest absolute Gasteiger partial charge is 0.374 e. The molecule has 19 heavy (non-hydrogen) atoms. The number of nitrogens with one attached hydrogen (secondary N) is 1. The maximum Gasteiger partial charge on any atom is 0.293 e. The van der Waals surface area contributed by atoms with Crippen LogP contribution >= 0.6 is 23.2 Å². The lowest BCUT2D eigenvalue weighted by molar-refractivity contribution is -0.383. The predicted octanol–water partition coefficient (Wildman–Crippen LogP) is 3.25. The zero-order valence-corrected chi connectivity index (χ0v) is 11.4. The minimum absolute atomic E-state index is 0.120. The van der Waals surface area contributed by atoms with Crippen LogP contribution in [0.2, 0.25) is 10.0 Å². The fraction of sp³-hybridized carbons (Fsp3) is 0.182. The highest BCUT2D eigenvalue weighted by atomic mass is 35.5. The van der Waals surface area contributed by atoms with E-state index in [9.17, 15) is 10.1 Å². The highest BCUT2D eigenvalue weighted by molar-refractivity contribution is 6.42. The van der Waals surface area contributed by atoms with E-state index in [0.717, 1.165) is 5.69 Å². The van der Waals surface area contributed by atoms with Crippen LogP contribution in [-0.2, 0) is 13.6 Å². The molecule has 1 heterocycles. The monoisotopic (exact) mass is 300 g/mol. The summed E-state index contributed by atoms with van der Waals surface area (Å²) in [5.41, 5.74) is 0.957. The van der Waals surface area contributed by atoms with Gasteiger partial charge < -0.3 is 5.32 Å². The number of hydrogen-bond donors (Lipinski definition) is 1. The topological polar surface area (TPSA) is 73.0 Å². The standard InChI is InChI=1S/C11H10Cl2N4O2/c1-16-3-2-7(15-16)6-14-10-4-8(12)9(13)5-11(10)17(18)19/h2-5,14H,6H2,1H3. The lowest BCUT2D eigenvalue weighted by Gasteiger charge is -2.07. The van der Waals surface area contributed by atoms with Crippen molar-refractivity contribution in [3.63, 3.8) is 0 Å². The van der Waals surface area contributed by atoms with Crippen LogP contribution in [0.15, 0.2) is 24.4 Å². The minimum atomic E-state index is -0.511. The van der Waals surface area contributed by atoms with Crippen molar-refractivity contribution in [2.45, 2.75) is 6.54 Å². The Balaban J connectivity index is 2.23. The van der Waals surface area contributed by atoms with Crippen molar-refractivity contribution in [1.29, 1.82) is 0 Å². The highest BCUT2D eigenvalue weighted by Gasteiger charge is 2.17. The van der Waals surface area contributed by atoms with Crippen LogP contribution in [0.25, 0.3) is 0 Å². The molecule has 0 aliphatic carbocycles. The van der Waals surface area contributed by atoms with E-state index in [1.165, 1.54) is 12.1 Å². The number of benzene rings is 1. The number of aryl methyl sites for hydroxylation is 1. The second kappa shape index (κ2) is 5.46. The van der Waals surface area contributed by atoms with Crippen molar-refractivity contribution in [3.8, 4) is 0 Å². The first kappa shape index (κ1) is 13.6. The molecular weight excluding hydrogens is 291 g/mol. The van der Waals surface area contributed by atoms with Gasteiger partial charge in [0.25, 0.3) is 5.69 Å². The maximum atomic E-state index is 10.9. The number of nitro benzene ring substituents is 1. The number of aromatic nitrogens is 2. The van der Waals surface area contributed by atoms with Crippen LogP contribution in [0.5, 0.6) is 0 Å². The Labute approximate surface area is 119 Å². The third-order valence-corrected chi connectivity index (χ3v) is 3.19. The average molecular weight is 301 g/mol. The molecule has 8 heteroatoms. The first-order chi connectivity index (χ1) is 8.97. The number of nitrogens with zero attached hydrogens (tertiary/aromatic N) is 3. The molecule has 0 bridgehead atoms. The van der Waals surface area contributed by atoms with Gasteiger partial charge in [0, 0.05) is 19.3 Å². The Kier molecular flexibility index (Phi) is 3.92. The molecule has 6 nitrogen and oxygen atoms in total. The van der Waals surface area contributed by atoms with Crippen LogP contribution in [0, 0.1) is 10.1 Å². The maximum absolute atomic E-state index is 10.9. The fourth-order valence-corrected chi connectivity index (χ4v) is 1.89. The Morgan fingerprint density at radius 1 is 1.42 bits per heavy atom. The molecular formula is C11H10Cl2N4O2. The van der Waals surface area contributed by atoms with Gasteiger partial charge in [0.1, 0.15) is 5.69 Å². The van der Waals surface area contributed by atoms with E-state index >= 15 is 0 Å². The van der Waals surface area contributed by atoms with Crippen molar-refractivity contribution >= 4 is 34.6 Å². The molecule has 2 aromatic rings. The molecule has 0 radical (unpaired) electrons. The van der Waals surface area contributed by atoms with Gasteiger partial charge in [-0.3, -0.25) is 14.8 Å². The lowest BCUT2D eigenvalue weighted by atomic mass is 10.2. The van der Waals surface area contributed by atoms with E-state index in [4.69, 9.17) is 23.2 Å². The van der Waals surface area contributed by atoms with E-state index in [-0.39, 0.29) is 15.7 Å². The normalized spacial score (nSPS) is 10.5. The zero-order chi connectivity index (χ0) is 14.0. The first-order valence-electron chi connectivity index (χ1n) is 5.33. The van der Waals surface area contributed by atoms with Gasteiger partial charge in [-0.15, -0.1) is 0 Å². The summed E-state index contributed by atoms with van der Waals surface area (Å²) in [4.78, 5) is 10.4. The molecule has 1 N–H and O–H groups in total. The summed E-state index contributed by atoms with van der Waals surface area (Å²) in [6.07, 6.45) is 1.79. The Hall–Kier alpha value is -1.79. The zero-order valence-electron chi connectivity index (χ0n) is 9.93. The molecule has 0 saturated carbocycles. The van der Waals surface area contributed by atoms with Gasteiger partial charge >= 0.3 is 0 Å². The minimum Gasteiger partial charge on any atom is -0.374 e. The van der Waals surface area contributed by atoms with E-state index in [1.54, 1.807) is 17.9 Å². The van der Waals surface area contributed by atoms with E-state index in [1.807, 2.05) is 6.07 Å². The molecule has 0 atom stereocenters. The molecule has 100 valence electrons. The third-order valence-electron chi connectivity index (χ3n) is 2.46. The predicted molar refractivity (Wildman–Crippen MR) is 73.7 cm³/mol. The summed E-state index contributed by atoms with van der Waals surface area (Å²) in [6.45, 7) is 0.361. The average Bonchev–Trinajstić information content (AvgIpc) is 2.76. The van der Waals surface area contributed by atoms with Gasteiger partial charge in [-0.05, 0) is 12.1 Å². The van der Waals surface area contributed by atoms with E-state index < -0.39 is 4.92 Å². The Morgan fingerprint density at radius 2 is 2.11 bits per heavy atom. The quantitative estimate of drug-likeness (QED) is 0.695. The summed E-state index contributed by atoms with van der Waals surface area (Å²) in [5, 5.41) is 18.5. The molecule has 2 rings (SSSR count). The molecule has 0 unspecified atom stereocenters. The molecule has 0 aliphatic rings. The summed E-state index contributed by atoms with van der Waals surface area (Å²) in [5.74, 6) is 0. The fourth-order valence-electron chi connectivity index (χ4n) is 1.57. The first-order valence-corrected chi connectivity index (χ1v) is 6.09. The Bertz CT molecular complexity index is 627. The van der Waals surface area contributed by atoms with Crippen molar-refractivity contribution in [3.05, 3.63) is 50.2 Å². The summed E-state index contributed by atoms with van der Waals surface area (Å²) in [7, 11) is 1.80. The molecule has 0 aliphatic heterocycles. The number of anilines is 1. The van der Waals surface area contributed by atoms with Gasteiger partial charge in [0.05, 0.1) is 27.2 Å². The molecule has 1 aromatic carbocycles. The van der Waals surface area contributed by atoms with Gasteiger partial charge in [-0.1, -0.05) is 23.2 Å². The molecule has 1 aromatic heterocycles. The molecule has 0 saturated heterocycles. The van der Waals surface area contributed by atoms with Crippen molar-refractivity contribution < 1.29 is 4.92 Å². The van der Waals surface area contributed by atoms with Crippen LogP contribution in [-0.4, -0.2) is 14.7 Å². The van der Waals surface area contributed by atoms with Gasteiger partial charge in [-0.25, -0.2) is 0 Å². The lowest BCUT2D eigenvalue weighted by Crippen LogP contribution is -2.04. The SMILES string of the molecule is Cn1ccc(CNc2cc(Cl)c(Cl)cc2[N+](=O)[O-])n1. The van der Waals surface area contributed by atoms with E-state index in [2.05, 4.69) is 10.4 Å². The number of rotatable bonds is 4. The molecule has 0 amide bonds. The number of nitro groups is 1. The van der Waals surface area contributed by atoms with Gasteiger partial charge in [-0.2, -0.15) is 5.10 Å². The van der Waals surface area contributed by atoms with Crippen LogP contribution in [0.4, 0.5) is 11.4 Å². The van der Waals surface area contributed by atoms with Crippen LogP contribution in [0.3, 0.4) is 0 Å². The molecule has 0 spiro atoms. The number of halogens is 2. The van der Waals surface area contributed by atoms with Crippen molar-refractivity contribution in [2.24, 2.45) is 7.05 Å². The summed E-state index contributed by atoms with van der Waals surface area (Å²) in [6, 6.07) is 4.48.